The zero-order valence-corrected chi connectivity index (χ0v) is 9.99. The van der Waals surface area contributed by atoms with Gasteiger partial charge in [-0.05, 0) is 31.1 Å². The molecular formula is C12H22N2O. The summed E-state index contributed by atoms with van der Waals surface area (Å²) in [4.78, 5) is 13.8. The lowest BCUT2D eigenvalue weighted by molar-refractivity contribution is -0.129. The van der Waals surface area contributed by atoms with E-state index in [1.165, 1.54) is 12.8 Å². The molecule has 2 unspecified atom stereocenters. The highest BCUT2D eigenvalue weighted by Gasteiger charge is 2.51. The van der Waals surface area contributed by atoms with E-state index in [9.17, 15) is 4.79 Å². The fourth-order valence-corrected chi connectivity index (χ4v) is 2.04. The molecule has 2 fully saturated rings. The first kappa shape index (κ1) is 10.9. The molecular weight excluding hydrogens is 188 g/mol. The number of carbonyl (C=O) groups is 1. The summed E-state index contributed by atoms with van der Waals surface area (Å²) in [6.07, 6.45) is 3.73. The number of hydrogen-bond donors (Lipinski definition) is 1. The number of nitrogens with one attached hydrogen (secondary N) is 1. The third kappa shape index (κ3) is 2.71. The van der Waals surface area contributed by atoms with Crippen molar-refractivity contribution in [2.24, 2.45) is 11.8 Å². The van der Waals surface area contributed by atoms with Gasteiger partial charge >= 0.3 is 0 Å². The van der Waals surface area contributed by atoms with Gasteiger partial charge in [0.2, 0.25) is 5.91 Å². The summed E-state index contributed by atoms with van der Waals surface area (Å²) >= 11 is 0. The second-order valence-corrected chi connectivity index (χ2v) is 5.45. The van der Waals surface area contributed by atoms with Gasteiger partial charge in [-0.3, -0.25) is 10.1 Å². The first-order valence-electron chi connectivity index (χ1n) is 6.10. The molecule has 2 atom stereocenters. The molecule has 86 valence electrons. The van der Waals surface area contributed by atoms with E-state index in [1.807, 2.05) is 11.9 Å². The van der Waals surface area contributed by atoms with Gasteiger partial charge in [0.25, 0.3) is 0 Å². The number of nitrogens with zero attached hydrogens (tertiary/aromatic N) is 1. The average molecular weight is 210 g/mol. The van der Waals surface area contributed by atoms with Gasteiger partial charge in [0.05, 0.1) is 0 Å². The minimum atomic E-state index is 0.148. The Morgan fingerprint density at radius 1 is 1.47 bits per heavy atom. The smallest absolute Gasteiger partial charge is 0.241 e. The topological polar surface area (TPSA) is 42.2 Å². The van der Waals surface area contributed by atoms with E-state index >= 15 is 0 Å². The fourth-order valence-electron chi connectivity index (χ4n) is 2.04. The zero-order chi connectivity index (χ0) is 11.0. The highest BCUT2D eigenvalue weighted by molar-refractivity contribution is 5.85. The van der Waals surface area contributed by atoms with Gasteiger partial charge in [0.15, 0.2) is 0 Å². The van der Waals surface area contributed by atoms with Crippen molar-refractivity contribution < 1.29 is 4.79 Å². The van der Waals surface area contributed by atoms with Crippen LogP contribution in [0.25, 0.3) is 0 Å². The summed E-state index contributed by atoms with van der Waals surface area (Å²) in [6, 6.07) is 0.661. The van der Waals surface area contributed by atoms with E-state index in [2.05, 4.69) is 19.2 Å². The summed E-state index contributed by atoms with van der Waals surface area (Å²) in [7, 11) is 1.93. The Hall–Kier alpha value is -0.570. The quantitative estimate of drug-likeness (QED) is 0.694. The highest BCUT2D eigenvalue weighted by Crippen LogP contribution is 2.39. The Balaban J connectivity index is 1.71. The number of rotatable bonds is 5. The summed E-state index contributed by atoms with van der Waals surface area (Å²) in [5.74, 6) is 1.77. The van der Waals surface area contributed by atoms with Crippen LogP contribution in [0, 0.1) is 11.8 Å². The molecule has 0 aromatic carbocycles. The van der Waals surface area contributed by atoms with Gasteiger partial charge in [-0.1, -0.05) is 13.8 Å². The predicted octanol–water partition coefficient (Wildman–Crippen LogP) is 1.24. The molecule has 1 aliphatic carbocycles. The van der Waals surface area contributed by atoms with Crippen molar-refractivity contribution in [3.05, 3.63) is 0 Å². The molecule has 0 aromatic heterocycles. The largest absolute Gasteiger partial charge is 0.344 e. The summed E-state index contributed by atoms with van der Waals surface area (Å²) in [5.41, 5.74) is 0. The maximum absolute atomic E-state index is 11.9. The van der Waals surface area contributed by atoms with Crippen molar-refractivity contribution in [1.29, 1.82) is 0 Å². The van der Waals surface area contributed by atoms with Crippen LogP contribution in [0.2, 0.25) is 0 Å². The Bertz CT molecular complexity index is 248. The lowest BCUT2D eigenvalue weighted by Gasteiger charge is -2.17. The van der Waals surface area contributed by atoms with Crippen molar-refractivity contribution in [1.82, 2.24) is 10.2 Å². The lowest BCUT2D eigenvalue weighted by atomic mass is 10.1. The van der Waals surface area contributed by atoms with Crippen LogP contribution in [0.3, 0.4) is 0 Å². The maximum atomic E-state index is 11.9. The number of amides is 1. The van der Waals surface area contributed by atoms with Gasteiger partial charge in [0.1, 0.15) is 6.04 Å². The van der Waals surface area contributed by atoms with Crippen molar-refractivity contribution >= 4 is 5.91 Å². The Morgan fingerprint density at radius 3 is 2.67 bits per heavy atom. The molecule has 0 aromatic rings. The minimum Gasteiger partial charge on any atom is -0.344 e. The van der Waals surface area contributed by atoms with E-state index in [4.69, 9.17) is 0 Å². The monoisotopic (exact) mass is 210 g/mol. The second kappa shape index (κ2) is 4.12. The van der Waals surface area contributed by atoms with Crippen LogP contribution in [0.4, 0.5) is 0 Å². The standard InChI is InChI=1S/C12H22N2O/c1-8(2)6-7-14(3)12(15)11-10(13-11)9-4-5-9/h8-11,13H,4-7H2,1-3H3. The Labute approximate surface area is 92.2 Å². The van der Waals surface area contributed by atoms with Crippen LogP contribution < -0.4 is 5.32 Å². The molecule has 0 bridgehead atoms. The van der Waals surface area contributed by atoms with E-state index < -0.39 is 0 Å². The molecule has 1 amide bonds. The van der Waals surface area contributed by atoms with E-state index in [0.29, 0.717) is 17.9 Å². The van der Waals surface area contributed by atoms with E-state index in [1.54, 1.807) is 0 Å². The van der Waals surface area contributed by atoms with Crippen molar-refractivity contribution in [3.63, 3.8) is 0 Å². The van der Waals surface area contributed by atoms with Crippen LogP contribution in [-0.2, 0) is 4.79 Å². The summed E-state index contributed by atoms with van der Waals surface area (Å²) < 4.78 is 0. The van der Waals surface area contributed by atoms with E-state index in [0.717, 1.165) is 18.9 Å². The fraction of sp³-hybridized carbons (Fsp3) is 0.917. The molecule has 15 heavy (non-hydrogen) atoms. The van der Waals surface area contributed by atoms with Crippen LogP contribution >= 0.6 is 0 Å². The van der Waals surface area contributed by atoms with Crippen LogP contribution in [-0.4, -0.2) is 36.5 Å². The average Bonchev–Trinajstić information content (AvgIpc) is 3.02. The molecule has 1 N–H and O–H groups in total. The van der Waals surface area contributed by atoms with Gasteiger partial charge in [0, 0.05) is 19.6 Å². The van der Waals surface area contributed by atoms with Crippen LogP contribution in [0.1, 0.15) is 33.1 Å². The first-order chi connectivity index (χ1) is 7.09. The molecule has 2 aliphatic rings. The molecule has 3 heteroatoms. The summed E-state index contributed by atoms with van der Waals surface area (Å²) in [6.45, 7) is 5.29. The summed E-state index contributed by atoms with van der Waals surface area (Å²) in [5, 5.41) is 3.31. The highest BCUT2D eigenvalue weighted by atomic mass is 16.2. The third-order valence-electron chi connectivity index (χ3n) is 3.44. The van der Waals surface area contributed by atoms with Crippen LogP contribution in [0.15, 0.2) is 0 Å². The maximum Gasteiger partial charge on any atom is 0.241 e. The van der Waals surface area contributed by atoms with Crippen molar-refractivity contribution in [2.45, 2.75) is 45.2 Å². The number of carbonyl (C=O) groups excluding carboxylic acids is 1. The molecule has 1 heterocycles. The van der Waals surface area contributed by atoms with Gasteiger partial charge < -0.3 is 4.90 Å². The number of likely N-dealkylation sites (N-methyl/N-ethyl adjacent to an activating group) is 1. The third-order valence-corrected chi connectivity index (χ3v) is 3.44. The van der Waals surface area contributed by atoms with Gasteiger partial charge in [-0.2, -0.15) is 0 Å². The SMILES string of the molecule is CC(C)CCN(C)C(=O)C1NC1C1CC1. The predicted molar refractivity (Wildman–Crippen MR) is 60.5 cm³/mol. The molecule has 1 aliphatic heterocycles. The van der Waals surface area contributed by atoms with Crippen molar-refractivity contribution in [2.75, 3.05) is 13.6 Å². The minimum absolute atomic E-state index is 0.148. The van der Waals surface area contributed by atoms with Crippen molar-refractivity contribution in [3.8, 4) is 0 Å². The molecule has 0 spiro atoms. The molecule has 1 saturated carbocycles. The Kier molecular flexibility index (Phi) is 3.01. The molecule has 1 saturated heterocycles. The lowest BCUT2D eigenvalue weighted by Crippen LogP contribution is -2.33. The number of hydrogen-bond acceptors (Lipinski definition) is 2. The first-order valence-corrected chi connectivity index (χ1v) is 6.10. The normalized spacial score (nSPS) is 29.3. The van der Waals surface area contributed by atoms with Gasteiger partial charge in [-0.25, -0.2) is 0 Å². The molecule has 0 radical (unpaired) electrons. The Morgan fingerprint density at radius 2 is 2.13 bits per heavy atom. The molecule has 3 nitrogen and oxygen atoms in total. The van der Waals surface area contributed by atoms with E-state index in [-0.39, 0.29) is 6.04 Å². The molecule has 2 rings (SSSR count). The van der Waals surface area contributed by atoms with Gasteiger partial charge in [-0.15, -0.1) is 0 Å². The van der Waals surface area contributed by atoms with Crippen LogP contribution in [0.5, 0.6) is 0 Å². The second-order valence-electron chi connectivity index (χ2n) is 5.45. The zero-order valence-electron chi connectivity index (χ0n) is 9.99.